The molecule has 1 aromatic heterocycles. The molecule has 120 valence electrons. The van der Waals surface area contributed by atoms with Gasteiger partial charge >= 0.3 is 0 Å². The van der Waals surface area contributed by atoms with E-state index in [-0.39, 0.29) is 5.75 Å². The molecule has 2 aromatic carbocycles. The largest absolute Gasteiger partial charge is 0.504 e. The number of rotatable bonds is 6. The third-order valence-corrected chi connectivity index (χ3v) is 4.23. The van der Waals surface area contributed by atoms with Gasteiger partial charge in [-0.2, -0.15) is 0 Å². The summed E-state index contributed by atoms with van der Waals surface area (Å²) < 4.78 is 5.68. The van der Waals surface area contributed by atoms with Gasteiger partial charge in [0.1, 0.15) is 0 Å². The van der Waals surface area contributed by atoms with E-state index < -0.39 is 0 Å². The van der Waals surface area contributed by atoms with Crippen molar-refractivity contribution in [3.8, 4) is 11.5 Å². The Morgan fingerprint density at radius 2 is 1.87 bits per heavy atom. The third-order valence-electron chi connectivity index (χ3n) is 3.73. The Labute approximate surface area is 144 Å². The van der Waals surface area contributed by atoms with Gasteiger partial charge in [-0.3, -0.25) is 0 Å². The van der Waals surface area contributed by atoms with E-state index in [4.69, 9.17) is 27.9 Å². The molecule has 0 radical (unpaired) electrons. The standard InChI is InChI=1S/C18H17Cl2NO2/c19-8-2-1-3-9-23-17-7-6-15-14(18(17)22)10-12-4-5-13(20)11-16(12)21-15/h4-7,10-11,22H,1-3,8-9H2. The molecule has 3 rings (SSSR count). The number of alkyl halides is 1. The molecule has 0 unspecified atom stereocenters. The summed E-state index contributed by atoms with van der Waals surface area (Å²) in [4.78, 5) is 4.55. The molecule has 1 N–H and O–H groups in total. The molecule has 1 heterocycles. The predicted octanol–water partition coefficient (Wildman–Crippen LogP) is 5.53. The Bertz CT molecular complexity index is 836. The second-order valence-corrected chi connectivity index (χ2v) is 6.22. The fraction of sp³-hybridized carbons (Fsp3) is 0.278. The molecule has 0 saturated carbocycles. The summed E-state index contributed by atoms with van der Waals surface area (Å²) in [5, 5.41) is 12.7. The molecular formula is C18H17Cl2NO2. The molecule has 0 amide bonds. The van der Waals surface area contributed by atoms with Crippen LogP contribution >= 0.6 is 23.2 Å². The van der Waals surface area contributed by atoms with Crippen LogP contribution in [0.3, 0.4) is 0 Å². The van der Waals surface area contributed by atoms with Crippen molar-refractivity contribution in [2.75, 3.05) is 12.5 Å². The van der Waals surface area contributed by atoms with E-state index in [1.165, 1.54) is 0 Å². The minimum atomic E-state index is 0.129. The number of phenols is 1. The summed E-state index contributed by atoms with van der Waals surface area (Å²) in [6, 6.07) is 11.0. The first-order valence-corrected chi connectivity index (χ1v) is 8.51. The zero-order valence-electron chi connectivity index (χ0n) is 12.6. The van der Waals surface area contributed by atoms with Crippen LogP contribution in [0.2, 0.25) is 5.02 Å². The second-order valence-electron chi connectivity index (χ2n) is 5.40. The van der Waals surface area contributed by atoms with Crippen LogP contribution in [-0.4, -0.2) is 22.6 Å². The maximum Gasteiger partial charge on any atom is 0.167 e. The van der Waals surface area contributed by atoms with Crippen molar-refractivity contribution >= 4 is 45.0 Å². The average Bonchev–Trinajstić information content (AvgIpc) is 2.55. The van der Waals surface area contributed by atoms with Crippen LogP contribution in [0.25, 0.3) is 21.8 Å². The Kier molecular flexibility index (Phi) is 5.09. The minimum Gasteiger partial charge on any atom is -0.504 e. The van der Waals surface area contributed by atoms with E-state index in [0.717, 1.165) is 30.2 Å². The molecule has 0 fully saturated rings. The zero-order chi connectivity index (χ0) is 16.2. The zero-order valence-corrected chi connectivity index (χ0v) is 14.1. The van der Waals surface area contributed by atoms with Crippen molar-refractivity contribution in [3.05, 3.63) is 41.4 Å². The minimum absolute atomic E-state index is 0.129. The lowest BCUT2D eigenvalue weighted by molar-refractivity contribution is 0.291. The number of ether oxygens (including phenoxy) is 1. The number of aromatic nitrogens is 1. The van der Waals surface area contributed by atoms with Crippen LogP contribution in [-0.2, 0) is 0 Å². The number of benzene rings is 2. The molecule has 5 heteroatoms. The van der Waals surface area contributed by atoms with Gasteiger partial charge in [0.15, 0.2) is 11.5 Å². The fourth-order valence-corrected chi connectivity index (χ4v) is 2.87. The van der Waals surface area contributed by atoms with Crippen molar-refractivity contribution in [2.45, 2.75) is 19.3 Å². The highest BCUT2D eigenvalue weighted by molar-refractivity contribution is 6.31. The van der Waals surface area contributed by atoms with Gasteiger partial charge in [-0.15, -0.1) is 11.6 Å². The lowest BCUT2D eigenvalue weighted by Gasteiger charge is -2.10. The Morgan fingerprint density at radius 1 is 1.00 bits per heavy atom. The molecule has 23 heavy (non-hydrogen) atoms. The van der Waals surface area contributed by atoms with E-state index in [1.54, 1.807) is 6.07 Å². The third kappa shape index (κ3) is 3.62. The van der Waals surface area contributed by atoms with E-state index in [1.807, 2.05) is 30.3 Å². The summed E-state index contributed by atoms with van der Waals surface area (Å²) in [6.07, 6.45) is 2.91. The average molecular weight is 350 g/mol. The van der Waals surface area contributed by atoms with Gasteiger partial charge in [-0.05, 0) is 49.6 Å². The molecule has 0 aliphatic heterocycles. The summed E-state index contributed by atoms with van der Waals surface area (Å²) in [5.74, 6) is 1.28. The fourth-order valence-electron chi connectivity index (χ4n) is 2.51. The van der Waals surface area contributed by atoms with Crippen molar-refractivity contribution < 1.29 is 9.84 Å². The number of pyridine rings is 1. The number of hydrogen-bond donors (Lipinski definition) is 1. The Hall–Kier alpha value is -1.71. The first-order valence-electron chi connectivity index (χ1n) is 7.60. The van der Waals surface area contributed by atoms with E-state index in [9.17, 15) is 5.11 Å². The molecule has 0 spiro atoms. The smallest absolute Gasteiger partial charge is 0.167 e. The molecular weight excluding hydrogens is 333 g/mol. The van der Waals surface area contributed by atoms with Gasteiger partial charge in [0.05, 0.1) is 17.6 Å². The van der Waals surface area contributed by atoms with Gasteiger partial charge in [-0.25, -0.2) is 4.98 Å². The Balaban J connectivity index is 1.88. The van der Waals surface area contributed by atoms with Crippen LogP contribution in [0, 0.1) is 0 Å². The highest BCUT2D eigenvalue weighted by Crippen LogP contribution is 2.35. The number of nitrogens with zero attached hydrogens (tertiary/aromatic N) is 1. The summed E-state index contributed by atoms with van der Waals surface area (Å²) in [7, 11) is 0. The number of hydrogen-bond acceptors (Lipinski definition) is 3. The highest BCUT2D eigenvalue weighted by atomic mass is 35.5. The number of aromatic hydroxyl groups is 1. The van der Waals surface area contributed by atoms with Crippen molar-refractivity contribution in [3.63, 3.8) is 0 Å². The number of unbranched alkanes of at least 4 members (excludes halogenated alkanes) is 2. The molecule has 0 bridgehead atoms. The lowest BCUT2D eigenvalue weighted by atomic mass is 10.1. The topological polar surface area (TPSA) is 42.4 Å². The van der Waals surface area contributed by atoms with Crippen LogP contribution in [0.1, 0.15) is 19.3 Å². The lowest BCUT2D eigenvalue weighted by Crippen LogP contribution is -1.98. The normalized spacial score (nSPS) is 11.2. The first-order chi connectivity index (χ1) is 11.2. The number of halogens is 2. The van der Waals surface area contributed by atoms with Gasteiger partial charge in [0.2, 0.25) is 0 Å². The van der Waals surface area contributed by atoms with Crippen LogP contribution < -0.4 is 4.74 Å². The molecule has 0 aliphatic carbocycles. The quantitative estimate of drug-likeness (QED) is 0.361. The molecule has 0 saturated heterocycles. The maximum absolute atomic E-state index is 10.5. The SMILES string of the molecule is Oc1c(OCCCCCCl)ccc2nc3cc(Cl)ccc3cc12. The van der Waals surface area contributed by atoms with Crippen LogP contribution in [0.15, 0.2) is 36.4 Å². The van der Waals surface area contributed by atoms with E-state index in [2.05, 4.69) is 4.98 Å². The van der Waals surface area contributed by atoms with Gasteiger partial charge in [-0.1, -0.05) is 17.7 Å². The van der Waals surface area contributed by atoms with Gasteiger partial charge in [0.25, 0.3) is 0 Å². The number of phenolic OH excluding ortho intramolecular Hbond substituents is 1. The van der Waals surface area contributed by atoms with Crippen LogP contribution in [0.4, 0.5) is 0 Å². The molecule has 3 nitrogen and oxygen atoms in total. The second kappa shape index (κ2) is 7.24. The summed E-state index contributed by atoms with van der Waals surface area (Å²) >= 11 is 11.7. The monoisotopic (exact) mass is 349 g/mol. The van der Waals surface area contributed by atoms with Gasteiger partial charge < -0.3 is 9.84 Å². The van der Waals surface area contributed by atoms with Gasteiger partial charge in [0, 0.05) is 21.7 Å². The molecule has 0 aliphatic rings. The molecule has 0 atom stereocenters. The first kappa shape index (κ1) is 16.2. The summed E-state index contributed by atoms with van der Waals surface area (Å²) in [5.41, 5.74) is 1.52. The van der Waals surface area contributed by atoms with E-state index >= 15 is 0 Å². The van der Waals surface area contributed by atoms with Crippen molar-refractivity contribution in [2.24, 2.45) is 0 Å². The highest BCUT2D eigenvalue weighted by Gasteiger charge is 2.10. The Morgan fingerprint density at radius 3 is 2.70 bits per heavy atom. The summed E-state index contributed by atoms with van der Waals surface area (Å²) in [6.45, 7) is 0.562. The van der Waals surface area contributed by atoms with Crippen molar-refractivity contribution in [1.29, 1.82) is 0 Å². The van der Waals surface area contributed by atoms with Crippen molar-refractivity contribution in [1.82, 2.24) is 4.98 Å². The molecule has 3 aromatic rings. The maximum atomic E-state index is 10.5. The predicted molar refractivity (Wildman–Crippen MR) is 96.0 cm³/mol. The van der Waals surface area contributed by atoms with E-state index in [0.29, 0.717) is 34.2 Å². The van der Waals surface area contributed by atoms with Crippen LogP contribution in [0.5, 0.6) is 11.5 Å². The number of fused-ring (bicyclic) bond motifs is 2.